The van der Waals surface area contributed by atoms with Crippen molar-refractivity contribution >= 4 is 5.91 Å². The van der Waals surface area contributed by atoms with Gasteiger partial charge in [-0.15, -0.1) is 0 Å². The Morgan fingerprint density at radius 2 is 1.77 bits per heavy atom. The average Bonchev–Trinajstić information content (AvgIpc) is 2.82. The quantitative estimate of drug-likeness (QED) is 0.494. The van der Waals surface area contributed by atoms with Gasteiger partial charge in [0.05, 0.1) is 13.2 Å². The Balaban J connectivity index is 1.44. The Bertz CT molecular complexity index is 944. The predicted octanol–water partition coefficient (Wildman–Crippen LogP) is 3.23. The maximum atomic E-state index is 12.7. The molecule has 0 aliphatic rings. The first kappa shape index (κ1) is 22.5. The van der Waals surface area contributed by atoms with Crippen LogP contribution in [0, 0.1) is 0 Å². The van der Waals surface area contributed by atoms with Crippen molar-refractivity contribution in [2.45, 2.75) is 19.1 Å². The number of pyridine rings is 1. The van der Waals surface area contributed by atoms with Crippen LogP contribution in [0.5, 0.6) is 5.88 Å². The molecule has 1 aromatic heterocycles. The fourth-order valence-corrected chi connectivity index (χ4v) is 3.27. The van der Waals surface area contributed by atoms with Crippen LogP contribution in [0.15, 0.2) is 72.9 Å². The van der Waals surface area contributed by atoms with Crippen molar-refractivity contribution in [1.29, 1.82) is 0 Å². The summed E-state index contributed by atoms with van der Waals surface area (Å²) >= 11 is 0. The van der Waals surface area contributed by atoms with Crippen LogP contribution >= 0.6 is 0 Å². The van der Waals surface area contributed by atoms with Gasteiger partial charge in [0.15, 0.2) is 0 Å². The minimum Gasteiger partial charge on any atom is -0.481 e. The number of hydrogen-bond acceptors (Lipinski definition) is 5. The zero-order chi connectivity index (χ0) is 22.1. The third kappa shape index (κ3) is 6.64. The van der Waals surface area contributed by atoms with E-state index in [1.165, 1.54) is 0 Å². The number of carbonyl (C=O) groups is 1. The van der Waals surface area contributed by atoms with Gasteiger partial charge >= 0.3 is 0 Å². The summed E-state index contributed by atoms with van der Waals surface area (Å²) in [6.45, 7) is 1.73. The van der Waals surface area contributed by atoms with E-state index in [1.807, 2.05) is 60.7 Å². The summed E-state index contributed by atoms with van der Waals surface area (Å²) in [5.41, 5.74) is 3.64. The number of carbonyl (C=O) groups excluding carboxylic acids is 1. The van der Waals surface area contributed by atoms with Gasteiger partial charge in [0.1, 0.15) is 0 Å². The van der Waals surface area contributed by atoms with E-state index >= 15 is 0 Å². The van der Waals surface area contributed by atoms with Gasteiger partial charge in [0.25, 0.3) is 5.91 Å². The highest BCUT2D eigenvalue weighted by atomic mass is 16.5. The van der Waals surface area contributed by atoms with Crippen LogP contribution < -0.4 is 10.1 Å². The number of methoxy groups -OCH3 is 1. The van der Waals surface area contributed by atoms with Crippen molar-refractivity contribution in [3.8, 4) is 5.88 Å². The molecule has 1 amide bonds. The highest BCUT2D eigenvalue weighted by molar-refractivity contribution is 5.94. The first-order valence-electron chi connectivity index (χ1n) is 10.3. The lowest BCUT2D eigenvalue weighted by Gasteiger charge is -2.17. The number of aromatic nitrogens is 1. The first-order chi connectivity index (χ1) is 15.1. The average molecular weight is 420 g/mol. The largest absolute Gasteiger partial charge is 0.481 e. The van der Waals surface area contributed by atoms with Gasteiger partial charge in [0.2, 0.25) is 5.88 Å². The Hall–Kier alpha value is -3.22. The van der Waals surface area contributed by atoms with Crippen LogP contribution in [-0.4, -0.2) is 48.1 Å². The molecule has 0 aliphatic carbocycles. The molecule has 0 spiro atoms. The van der Waals surface area contributed by atoms with Crippen molar-refractivity contribution < 1.29 is 14.6 Å². The fraction of sp³-hybridized carbons (Fsp3) is 0.280. The highest BCUT2D eigenvalue weighted by Gasteiger charge is 2.12. The first-order valence-corrected chi connectivity index (χ1v) is 10.3. The second-order valence-corrected chi connectivity index (χ2v) is 7.45. The van der Waals surface area contributed by atoms with Gasteiger partial charge in [-0.3, -0.25) is 4.79 Å². The van der Waals surface area contributed by atoms with E-state index in [0.29, 0.717) is 24.5 Å². The summed E-state index contributed by atoms with van der Waals surface area (Å²) < 4.78 is 5.06. The molecule has 1 unspecified atom stereocenters. The van der Waals surface area contributed by atoms with Crippen LogP contribution in [-0.2, 0) is 13.0 Å². The minimum atomic E-state index is -0.516. The van der Waals surface area contributed by atoms with E-state index in [9.17, 15) is 9.90 Å². The lowest BCUT2D eigenvalue weighted by atomic mass is 10.1. The summed E-state index contributed by atoms with van der Waals surface area (Å²) in [5, 5.41) is 13.5. The van der Waals surface area contributed by atoms with Gasteiger partial charge in [-0.2, -0.15) is 0 Å². The van der Waals surface area contributed by atoms with E-state index in [4.69, 9.17) is 4.74 Å². The number of rotatable bonds is 10. The second-order valence-electron chi connectivity index (χ2n) is 7.45. The molecule has 1 heterocycles. The number of aliphatic hydroxyl groups excluding tert-OH is 1. The number of hydrogen-bond donors (Lipinski definition) is 2. The molecule has 2 N–H and O–H groups in total. The molecular weight excluding hydrogens is 390 g/mol. The van der Waals surface area contributed by atoms with Gasteiger partial charge in [-0.1, -0.05) is 48.5 Å². The summed E-state index contributed by atoms with van der Waals surface area (Å²) in [6.07, 6.45) is 2.02. The molecule has 3 aromatic rings. The normalized spacial score (nSPS) is 11.7. The Morgan fingerprint density at radius 3 is 2.42 bits per heavy atom. The highest BCUT2D eigenvalue weighted by Crippen LogP contribution is 2.13. The molecule has 0 saturated carbocycles. The maximum Gasteiger partial charge on any atom is 0.253 e. The van der Waals surface area contributed by atoms with E-state index < -0.39 is 6.10 Å². The van der Waals surface area contributed by atoms with Crippen LogP contribution in [0.4, 0.5) is 0 Å². The zero-order valence-corrected chi connectivity index (χ0v) is 18.0. The maximum absolute atomic E-state index is 12.7. The number of ether oxygens (including phenoxy) is 1. The molecule has 0 radical (unpaired) electrons. The number of amides is 1. The molecule has 0 saturated heterocycles. The minimum absolute atomic E-state index is 0.0357. The third-order valence-electron chi connectivity index (χ3n) is 5.09. The van der Waals surface area contributed by atoms with Gasteiger partial charge in [-0.05, 0) is 41.8 Å². The molecular formula is C25H29N3O3. The molecule has 2 aromatic carbocycles. The third-order valence-corrected chi connectivity index (χ3v) is 5.09. The van der Waals surface area contributed by atoms with Crippen LogP contribution in [0.3, 0.4) is 0 Å². The molecule has 0 bridgehead atoms. The molecule has 0 fully saturated rings. The zero-order valence-electron chi connectivity index (χ0n) is 18.0. The molecule has 6 nitrogen and oxygen atoms in total. The molecule has 0 aliphatic heterocycles. The number of benzene rings is 2. The second kappa shape index (κ2) is 11.2. The van der Waals surface area contributed by atoms with Crippen molar-refractivity contribution in [1.82, 2.24) is 15.2 Å². The van der Waals surface area contributed by atoms with Gasteiger partial charge in [-0.25, -0.2) is 4.98 Å². The Morgan fingerprint density at radius 1 is 1.06 bits per heavy atom. The van der Waals surface area contributed by atoms with Gasteiger partial charge < -0.3 is 20.1 Å². The molecule has 3 rings (SSSR count). The summed E-state index contributed by atoms with van der Waals surface area (Å²) in [5.74, 6) is 0.517. The number of aliphatic hydroxyl groups is 1. The lowest BCUT2D eigenvalue weighted by Crippen LogP contribution is -2.26. The Kier molecular flexibility index (Phi) is 8.15. The van der Waals surface area contributed by atoms with E-state index in [0.717, 1.165) is 29.7 Å². The standard InChI is InChI=1S/C25H29N3O3/c1-28(18-20-10-13-24(31-2)27-16-20)25(30)22-11-8-19(9-12-22)14-15-26-17-23(29)21-6-4-3-5-7-21/h3-13,16,23,26,29H,14-15,17-18H2,1-2H3. The van der Waals surface area contributed by atoms with Crippen molar-refractivity contribution in [3.63, 3.8) is 0 Å². The monoisotopic (exact) mass is 419 g/mol. The fourth-order valence-electron chi connectivity index (χ4n) is 3.27. The van der Waals surface area contributed by atoms with E-state index in [-0.39, 0.29) is 5.91 Å². The number of nitrogens with one attached hydrogen (secondary N) is 1. The molecule has 6 heteroatoms. The summed E-state index contributed by atoms with van der Waals surface area (Å²) in [7, 11) is 3.36. The predicted molar refractivity (Wildman–Crippen MR) is 121 cm³/mol. The Labute approximate surface area is 183 Å². The van der Waals surface area contributed by atoms with E-state index in [2.05, 4.69) is 10.3 Å². The molecule has 31 heavy (non-hydrogen) atoms. The van der Waals surface area contributed by atoms with Crippen molar-refractivity contribution in [3.05, 3.63) is 95.2 Å². The topological polar surface area (TPSA) is 74.7 Å². The van der Waals surface area contributed by atoms with Gasteiger partial charge in [0, 0.05) is 38.0 Å². The SMILES string of the molecule is COc1ccc(CN(C)C(=O)c2ccc(CCNCC(O)c3ccccc3)cc2)cn1. The van der Waals surface area contributed by atoms with Crippen LogP contribution in [0.25, 0.3) is 0 Å². The molecule has 1 atom stereocenters. The van der Waals surface area contributed by atoms with E-state index in [1.54, 1.807) is 31.3 Å². The summed E-state index contributed by atoms with van der Waals surface area (Å²) in [6, 6.07) is 21.0. The smallest absolute Gasteiger partial charge is 0.253 e. The van der Waals surface area contributed by atoms with Crippen molar-refractivity contribution in [2.75, 3.05) is 27.2 Å². The molecule has 162 valence electrons. The van der Waals surface area contributed by atoms with Crippen LogP contribution in [0.1, 0.15) is 33.2 Å². The lowest BCUT2D eigenvalue weighted by molar-refractivity contribution is 0.0785. The number of nitrogens with zero attached hydrogens (tertiary/aromatic N) is 2. The summed E-state index contributed by atoms with van der Waals surface area (Å²) in [4.78, 5) is 18.5. The van der Waals surface area contributed by atoms with Crippen LogP contribution in [0.2, 0.25) is 0 Å². The van der Waals surface area contributed by atoms with Crippen molar-refractivity contribution in [2.24, 2.45) is 0 Å².